The minimum absolute atomic E-state index is 0.0370. The van der Waals surface area contributed by atoms with Gasteiger partial charge in [-0.3, -0.25) is 14.5 Å². The average molecular weight is 568 g/mol. The summed E-state index contributed by atoms with van der Waals surface area (Å²) in [5.41, 5.74) is 2.92. The van der Waals surface area contributed by atoms with Gasteiger partial charge in [0.25, 0.3) is 5.91 Å². The third kappa shape index (κ3) is 4.69. The van der Waals surface area contributed by atoms with Gasteiger partial charge in [0.05, 0.1) is 17.9 Å². The molecule has 7 nitrogen and oxygen atoms in total. The van der Waals surface area contributed by atoms with Crippen LogP contribution in [-0.4, -0.2) is 27.0 Å². The monoisotopic (exact) mass is 567 g/mol. The highest BCUT2D eigenvalue weighted by molar-refractivity contribution is 9.10. The fraction of sp³-hybridized carbons (Fsp3) is 0.120. The fourth-order valence-electron chi connectivity index (χ4n) is 3.72. The molecule has 2 aromatic heterocycles. The van der Waals surface area contributed by atoms with E-state index in [4.69, 9.17) is 4.42 Å². The number of furan rings is 1. The minimum atomic E-state index is -0.879. The summed E-state index contributed by atoms with van der Waals surface area (Å²) in [5.74, 6) is -1.16. The van der Waals surface area contributed by atoms with Gasteiger partial charge in [-0.25, -0.2) is 0 Å². The van der Waals surface area contributed by atoms with Crippen molar-refractivity contribution in [3.05, 3.63) is 105 Å². The molecule has 4 aromatic rings. The Morgan fingerprint density at radius 3 is 2.57 bits per heavy atom. The maximum atomic E-state index is 13.2. The standard InChI is InChI=1S/C25H18BrN3O4S2/c1-14-4-6-15(7-5-14)13-34-25-28-27-24(35-25)29-20(16-8-10-17(26)11-9-16)19(22(31)23(29)32)21(30)18-3-2-12-33-18/h2-12,20,31H,13H2,1H3. The number of Topliss-reactive ketones (excluding diaryl/α,β-unsaturated/α-hetero) is 1. The van der Waals surface area contributed by atoms with Crippen LogP contribution in [0.25, 0.3) is 0 Å². The van der Waals surface area contributed by atoms with Gasteiger partial charge in [0.2, 0.25) is 10.9 Å². The van der Waals surface area contributed by atoms with Crippen molar-refractivity contribution in [2.75, 3.05) is 4.90 Å². The Labute approximate surface area is 217 Å². The van der Waals surface area contributed by atoms with Crippen LogP contribution < -0.4 is 4.90 Å². The Morgan fingerprint density at radius 1 is 1.14 bits per heavy atom. The van der Waals surface area contributed by atoms with E-state index in [0.29, 0.717) is 20.8 Å². The Morgan fingerprint density at radius 2 is 1.89 bits per heavy atom. The van der Waals surface area contributed by atoms with E-state index in [1.54, 1.807) is 18.2 Å². The Bertz CT molecular complexity index is 1410. The average Bonchev–Trinajstić information content (AvgIpc) is 3.60. The quantitative estimate of drug-likeness (QED) is 0.159. The van der Waals surface area contributed by atoms with E-state index in [1.165, 1.54) is 45.9 Å². The van der Waals surface area contributed by atoms with Gasteiger partial charge >= 0.3 is 0 Å². The van der Waals surface area contributed by atoms with Gasteiger partial charge < -0.3 is 9.52 Å². The van der Waals surface area contributed by atoms with Crippen LogP contribution >= 0.6 is 39.0 Å². The van der Waals surface area contributed by atoms with Crippen LogP contribution in [-0.2, 0) is 10.5 Å². The lowest BCUT2D eigenvalue weighted by atomic mass is 9.95. The molecule has 35 heavy (non-hydrogen) atoms. The molecule has 3 heterocycles. The third-order valence-electron chi connectivity index (χ3n) is 5.47. The van der Waals surface area contributed by atoms with E-state index in [-0.39, 0.29) is 11.3 Å². The maximum Gasteiger partial charge on any atom is 0.296 e. The number of rotatable bonds is 7. The highest BCUT2D eigenvalue weighted by Crippen LogP contribution is 2.44. The number of anilines is 1. The predicted octanol–water partition coefficient (Wildman–Crippen LogP) is 6.28. The van der Waals surface area contributed by atoms with Crippen molar-refractivity contribution >= 4 is 55.9 Å². The lowest BCUT2D eigenvalue weighted by molar-refractivity contribution is -0.117. The zero-order valence-corrected chi connectivity index (χ0v) is 21.6. The zero-order chi connectivity index (χ0) is 24.5. The molecule has 1 aliphatic rings. The molecule has 0 fully saturated rings. The molecular formula is C25H18BrN3O4S2. The summed E-state index contributed by atoms with van der Waals surface area (Å²) < 4.78 is 6.78. The number of thioether (sulfide) groups is 1. The number of hydrogen-bond donors (Lipinski definition) is 1. The van der Waals surface area contributed by atoms with Gasteiger partial charge in [-0.05, 0) is 42.3 Å². The molecule has 0 aliphatic carbocycles. The maximum absolute atomic E-state index is 13.2. The molecule has 0 radical (unpaired) electrons. The first-order valence-corrected chi connectivity index (χ1v) is 13.1. The SMILES string of the molecule is Cc1ccc(CSc2nnc(N3C(=O)C(O)=C(C(=O)c4ccco4)C3c3ccc(Br)cc3)s2)cc1. The topological polar surface area (TPSA) is 96.5 Å². The van der Waals surface area contributed by atoms with E-state index in [9.17, 15) is 14.7 Å². The van der Waals surface area contributed by atoms with Crippen LogP contribution in [0.1, 0.15) is 33.3 Å². The number of ketones is 1. The smallest absolute Gasteiger partial charge is 0.296 e. The minimum Gasteiger partial charge on any atom is -0.503 e. The van der Waals surface area contributed by atoms with Crippen LogP contribution in [0.4, 0.5) is 5.13 Å². The van der Waals surface area contributed by atoms with E-state index in [2.05, 4.69) is 50.4 Å². The first-order valence-electron chi connectivity index (χ1n) is 10.5. The van der Waals surface area contributed by atoms with E-state index < -0.39 is 23.5 Å². The van der Waals surface area contributed by atoms with Crippen molar-refractivity contribution in [2.45, 2.75) is 23.1 Å². The van der Waals surface area contributed by atoms with Gasteiger partial charge in [-0.15, -0.1) is 10.2 Å². The lowest BCUT2D eigenvalue weighted by Crippen LogP contribution is -2.31. The van der Waals surface area contributed by atoms with Crippen LogP contribution in [0.2, 0.25) is 0 Å². The number of amides is 1. The molecule has 1 aliphatic heterocycles. The number of aliphatic hydroxyl groups excluding tert-OH is 1. The van der Waals surface area contributed by atoms with Crippen LogP contribution in [0, 0.1) is 6.92 Å². The molecule has 0 saturated carbocycles. The van der Waals surface area contributed by atoms with Gasteiger partial charge in [0.1, 0.15) is 0 Å². The summed E-state index contributed by atoms with van der Waals surface area (Å²) in [6.45, 7) is 2.04. The number of hydrogen-bond acceptors (Lipinski definition) is 8. The molecule has 1 atom stereocenters. The van der Waals surface area contributed by atoms with Crippen molar-refractivity contribution in [1.82, 2.24) is 10.2 Å². The molecule has 2 aromatic carbocycles. The van der Waals surface area contributed by atoms with Gasteiger partial charge in [-0.2, -0.15) is 0 Å². The van der Waals surface area contributed by atoms with Crippen molar-refractivity contribution in [3.8, 4) is 0 Å². The fourth-order valence-corrected chi connectivity index (χ4v) is 5.81. The van der Waals surface area contributed by atoms with Crippen molar-refractivity contribution in [1.29, 1.82) is 0 Å². The molecule has 10 heteroatoms. The number of nitrogens with zero attached hydrogens (tertiary/aromatic N) is 3. The Balaban J connectivity index is 1.48. The van der Waals surface area contributed by atoms with Gasteiger partial charge in [0.15, 0.2) is 15.9 Å². The van der Waals surface area contributed by atoms with Crippen LogP contribution in [0.3, 0.4) is 0 Å². The van der Waals surface area contributed by atoms with Crippen molar-refractivity contribution in [2.24, 2.45) is 0 Å². The summed E-state index contributed by atoms with van der Waals surface area (Å²) in [6.07, 6.45) is 1.37. The summed E-state index contributed by atoms with van der Waals surface area (Å²) >= 11 is 6.15. The predicted molar refractivity (Wildman–Crippen MR) is 138 cm³/mol. The highest BCUT2D eigenvalue weighted by Gasteiger charge is 2.46. The highest BCUT2D eigenvalue weighted by atomic mass is 79.9. The first kappa shape index (κ1) is 23.5. The number of halogens is 1. The molecule has 1 N–H and O–H groups in total. The Hall–Kier alpha value is -3.21. The van der Waals surface area contributed by atoms with E-state index >= 15 is 0 Å². The number of benzene rings is 2. The number of carbonyl (C=O) groups excluding carboxylic acids is 2. The second-order valence-electron chi connectivity index (χ2n) is 7.82. The molecule has 0 saturated heterocycles. The molecule has 0 bridgehead atoms. The number of aromatic nitrogens is 2. The zero-order valence-electron chi connectivity index (χ0n) is 18.3. The normalized spacial score (nSPS) is 15.8. The van der Waals surface area contributed by atoms with Gasteiger partial charge in [0, 0.05) is 10.2 Å². The molecular weight excluding hydrogens is 550 g/mol. The number of aryl methyl sites for hydroxylation is 1. The van der Waals surface area contributed by atoms with Crippen molar-refractivity contribution in [3.63, 3.8) is 0 Å². The molecule has 176 valence electrons. The lowest BCUT2D eigenvalue weighted by Gasteiger charge is -2.23. The molecule has 0 spiro atoms. The van der Waals surface area contributed by atoms with Crippen LogP contribution in [0.5, 0.6) is 0 Å². The number of aliphatic hydroxyl groups is 1. The Kier molecular flexibility index (Phi) is 6.59. The largest absolute Gasteiger partial charge is 0.503 e. The van der Waals surface area contributed by atoms with E-state index in [0.717, 1.165) is 10.0 Å². The molecule has 5 rings (SSSR count). The second-order valence-corrected chi connectivity index (χ2v) is 10.9. The summed E-state index contributed by atoms with van der Waals surface area (Å²) in [7, 11) is 0. The summed E-state index contributed by atoms with van der Waals surface area (Å²) in [4.78, 5) is 27.8. The van der Waals surface area contributed by atoms with Crippen LogP contribution in [0.15, 0.2) is 91.5 Å². The molecule has 1 unspecified atom stereocenters. The summed E-state index contributed by atoms with van der Waals surface area (Å²) in [5, 5.41) is 19.6. The van der Waals surface area contributed by atoms with Crippen molar-refractivity contribution < 1.29 is 19.1 Å². The first-order chi connectivity index (χ1) is 16.9. The summed E-state index contributed by atoms with van der Waals surface area (Å²) in [6, 6.07) is 17.6. The second kappa shape index (κ2) is 9.80. The number of carbonyl (C=O) groups is 2. The third-order valence-corrected chi connectivity index (χ3v) is 8.12. The molecule has 1 amide bonds. The van der Waals surface area contributed by atoms with E-state index in [1.807, 2.05) is 19.1 Å². The van der Waals surface area contributed by atoms with Gasteiger partial charge in [-0.1, -0.05) is 81.0 Å².